The maximum Gasteiger partial charge on any atom is 0.256 e. The van der Waals surface area contributed by atoms with Crippen LogP contribution in [0.25, 0.3) is 11.0 Å². The van der Waals surface area contributed by atoms with E-state index in [0.717, 1.165) is 25.2 Å². The van der Waals surface area contributed by atoms with Gasteiger partial charge in [-0.1, -0.05) is 13.3 Å². The first kappa shape index (κ1) is 20.5. The molecule has 152 valence electrons. The van der Waals surface area contributed by atoms with Crippen LogP contribution in [0, 0.1) is 6.92 Å². The molecule has 2 aromatic rings. The quantitative estimate of drug-likeness (QED) is 0.745. The molecule has 6 nitrogen and oxygen atoms in total. The zero-order valence-corrected chi connectivity index (χ0v) is 17.3. The molecule has 28 heavy (non-hydrogen) atoms. The summed E-state index contributed by atoms with van der Waals surface area (Å²) in [7, 11) is 0. The molecule has 3 rings (SSSR count). The molecule has 1 amide bonds. The summed E-state index contributed by atoms with van der Waals surface area (Å²) >= 11 is 0. The highest BCUT2D eigenvalue weighted by molar-refractivity contribution is 5.96. The standard InChI is InChI=1S/C22H32N4O2/c1-4-17-9-6-7-13-26(17)14-8-12-23-22(28)19-15-25(5-2)21-18(20(19)27)11-10-16(3)24-21/h10-11,15,17H,4-9,12-14H2,1-3H3,(H,23,28). The van der Waals surface area contributed by atoms with Crippen LogP contribution in [-0.4, -0.2) is 46.0 Å². The third-order valence-electron chi connectivity index (χ3n) is 5.77. The van der Waals surface area contributed by atoms with Crippen LogP contribution in [0.1, 0.15) is 62.0 Å². The van der Waals surface area contributed by atoms with Gasteiger partial charge in [0.15, 0.2) is 0 Å². The second kappa shape index (κ2) is 9.32. The Labute approximate surface area is 166 Å². The average Bonchev–Trinajstić information content (AvgIpc) is 2.71. The van der Waals surface area contributed by atoms with E-state index in [0.29, 0.717) is 30.2 Å². The Bertz CT molecular complexity index is 890. The average molecular weight is 385 g/mol. The molecule has 1 saturated heterocycles. The van der Waals surface area contributed by atoms with Crippen LogP contribution < -0.4 is 10.7 Å². The van der Waals surface area contributed by atoms with Crippen LogP contribution in [-0.2, 0) is 6.54 Å². The first-order valence-corrected chi connectivity index (χ1v) is 10.6. The molecule has 1 N–H and O–H groups in total. The second-order valence-corrected chi connectivity index (χ2v) is 7.68. The third kappa shape index (κ3) is 4.43. The van der Waals surface area contributed by atoms with Crippen LogP contribution in [0.4, 0.5) is 0 Å². The highest BCUT2D eigenvalue weighted by Crippen LogP contribution is 2.19. The van der Waals surface area contributed by atoms with E-state index in [1.165, 1.54) is 25.7 Å². The first-order valence-electron chi connectivity index (χ1n) is 10.6. The van der Waals surface area contributed by atoms with Crippen LogP contribution in [0.15, 0.2) is 23.1 Å². The van der Waals surface area contributed by atoms with Crippen LogP contribution in [0.3, 0.4) is 0 Å². The van der Waals surface area contributed by atoms with E-state index < -0.39 is 0 Å². The Kier molecular flexibility index (Phi) is 6.83. The number of hydrogen-bond acceptors (Lipinski definition) is 4. The predicted octanol–water partition coefficient (Wildman–Crippen LogP) is 3.11. The number of piperidine rings is 1. The van der Waals surface area contributed by atoms with Gasteiger partial charge >= 0.3 is 0 Å². The number of rotatable bonds is 7. The molecular formula is C22H32N4O2. The molecule has 0 bridgehead atoms. The van der Waals surface area contributed by atoms with Crippen molar-refractivity contribution in [3.63, 3.8) is 0 Å². The van der Waals surface area contributed by atoms with Crippen LogP contribution >= 0.6 is 0 Å². The lowest BCUT2D eigenvalue weighted by Gasteiger charge is -2.35. The normalized spacial score (nSPS) is 17.8. The second-order valence-electron chi connectivity index (χ2n) is 7.68. The SMILES string of the molecule is CCC1CCCCN1CCCNC(=O)c1cn(CC)c2nc(C)ccc2c1=O. The molecule has 0 aliphatic carbocycles. The van der Waals surface area contributed by atoms with Crippen molar-refractivity contribution < 1.29 is 4.79 Å². The molecule has 6 heteroatoms. The number of nitrogens with one attached hydrogen (secondary N) is 1. The van der Waals surface area contributed by atoms with E-state index in [1.54, 1.807) is 12.3 Å². The molecule has 0 spiro atoms. The minimum Gasteiger partial charge on any atom is -0.352 e. The fraction of sp³-hybridized carbons (Fsp3) is 0.591. The number of carbonyl (C=O) groups is 1. The van der Waals surface area contributed by atoms with Crippen molar-refractivity contribution in [1.82, 2.24) is 19.8 Å². The number of likely N-dealkylation sites (tertiary alicyclic amines) is 1. The molecule has 1 aliphatic rings. The summed E-state index contributed by atoms with van der Waals surface area (Å²) in [4.78, 5) is 32.5. The third-order valence-corrected chi connectivity index (χ3v) is 5.77. The minimum atomic E-state index is -0.291. The highest BCUT2D eigenvalue weighted by atomic mass is 16.2. The van der Waals surface area contributed by atoms with E-state index in [9.17, 15) is 9.59 Å². The summed E-state index contributed by atoms with van der Waals surface area (Å²) < 4.78 is 1.87. The number of pyridine rings is 2. The number of amides is 1. The van der Waals surface area contributed by atoms with Gasteiger partial charge in [-0.05, 0) is 58.2 Å². The predicted molar refractivity (Wildman–Crippen MR) is 113 cm³/mol. The van der Waals surface area contributed by atoms with Gasteiger partial charge in [-0.3, -0.25) is 9.59 Å². The Morgan fingerprint density at radius 1 is 1.29 bits per heavy atom. The lowest BCUT2D eigenvalue weighted by Crippen LogP contribution is -2.40. The number of aromatic nitrogens is 2. The summed E-state index contributed by atoms with van der Waals surface area (Å²) in [5.41, 5.74) is 1.45. The Morgan fingerprint density at radius 3 is 2.86 bits per heavy atom. The van der Waals surface area contributed by atoms with E-state index in [2.05, 4.69) is 22.1 Å². The molecule has 1 aliphatic heterocycles. The van der Waals surface area contributed by atoms with Gasteiger partial charge in [0.1, 0.15) is 11.2 Å². The molecular weight excluding hydrogens is 352 g/mol. The summed E-state index contributed by atoms with van der Waals surface area (Å²) in [6, 6.07) is 4.26. The van der Waals surface area contributed by atoms with Gasteiger partial charge in [0.25, 0.3) is 5.91 Å². The number of nitrogens with zero attached hydrogens (tertiary/aromatic N) is 3. The highest BCUT2D eigenvalue weighted by Gasteiger charge is 2.20. The molecule has 1 atom stereocenters. The van der Waals surface area contributed by atoms with Crippen molar-refractivity contribution in [1.29, 1.82) is 0 Å². The van der Waals surface area contributed by atoms with Crippen molar-refractivity contribution in [3.05, 3.63) is 39.8 Å². The monoisotopic (exact) mass is 384 g/mol. The summed E-state index contributed by atoms with van der Waals surface area (Å²) in [5, 5.41) is 3.44. The molecule has 2 aromatic heterocycles. The molecule has 1 fully saturated rings. The number of aryl methyl sites for hydroxylation is 2. The molecule has 0 radical (unpaired) electrons. The maximum atomic E-state index is 12.8. The summed E-state index contributed by atoms with van der Waals surface area (Å²) in [6.45, 7) is 9.53. The molecule has 0 saturated carbocycles. The maximum absolute atomic E-state index is 12.8. The molecule has 3 heterocycles. The Hall–Kier alpha value is -2.21. The lowest BCUT2D eigenvalue weighted by atomic mass is 10.00. The lowest BCUT2D eigenvalue weighted by molar-refractivity contribution is 0.0945. The Balaban J connectivity index is 1.66. The van der Waals surface area contributed by atoms with E-state index in [-0.39, 0.29) is 16.9 Å². The number of fused-ring (bicyclic) bond motifs is 1. The minimum absolute atomic E-state index is 0.199. The first-order chi connectivity index (χ1) is 13.5. The molecule has 1 unspecified atom stereocenters. The van der Waals surface area contributed by atoms with Gasteiger partial charge in [-0.25, -0.2) is 4.98 Å². The molecule has 0 aromatic carbocycles. The fourth-order valence-corrected chi connectivity index (χ4v) is 4.16. The van der Waals surface area contributed by atoms with Gasteiger partial charge in [-0.15, -0.1) is 0 Å². The fourth-order valence-electron chi connectivity index (χ4n) is 4.16. The Morgan fingerprint density at radius 2 is 2.11 bits per heavy atom. The zero-order valence-electron chi connectivity index (χ0n) is 17.3. The van der Waals surface area contributed by atoms with E-state index in [1.807, 2.05) is 24.5 Å². The van der Waals surface area contributed by atoms with Gasteiger partial charge in [0, 0.05) is 37.6 Å². The van der Waals surface area contributed by atoms with Crippen molar-refractivity contribution in [2.75, 3.05) is 19.6 Å². The largest absolute Gasteiger partial charge is 0.352 e. The van der Waals surface area contributed by atoms with Crippen molar-refractivity contribution in [2.45, 2.75) is 65.5 Å². The van der Waals surface area contributed by atoms with Crippen molar-refractivity contribution in [2.24, 2.45) is 0 Å². The van der Waals surface area contributed by atoms with Gasteiger partial charge in [-0.2, -0.15) is 0 Å². The number of carbonyl (C=O) groups excluding carboxylic acids is 1. The smallest absolute Gasteiger partial charge is 0.256 e. The number of hydrogen-bond donors (Lipinski definition) is 1. The van der Waals surface area contributed by atoms with Crippen LogP contribution in [0.2, 0.25) is 0 Å². The van der Waals surface area contributed by atoms with E-state index in [4.69, 9.17) is 0 Å². The van der Waals surface area contributed by atoms with Gasteiger partial charge < -0.3 is 14.8 Å². The van der Waals surface area contributed by atoms with Gasteiger partial charge in [0.2, 0.25) is 5.43 Å². The topological polar surface area (TPSA) is 67.2 Å². The summed E-state index contributed by atoms with van der Waals surface area (Å²) in [5.74, 6) is -0.291. The van der Waals surface area contributed by atoms with Gasteiger partial charge in [0.05, 0.1) is 5.39 Å². The van der Waals surface area contributed by atoms with E-state index >= 15 is 0 Å². The van der Waals surface area contributed by atoms with Crippen LogP contribution in [0.5, 0.6) is 0 Å². The van der Waals surface area contributed by atoms with Crippen molar-refractivity contribution >= 4 is 16.9 Å². The van der Waals surface area contributed by atoms with Crippen molar-refractivity contribution in [3.8, 4) is 0 Å². The zero-order chi connectivity index (χ0) is 20.1. The summed E-state index contributed by atoms with van der Waals surface area (Å²) in [6.07, 6.45) is 7.61.